The van der Waals surface area contributed by atoms with Gasteiger partial charge < -0.3 is 14.8 Å². The number of hydrogen-bond donors (Lipinski definition) is 1. The fourth-order valence-corrected chi connectivity index (χ4v) is 2.34. The Morgan fingerprint density at radius 3 is 2.79 bits per heavy atom. The molecule has 1 aromatic carbocycles. The van der Waals surface area contributed by atoms with Crippen LogP contribution in [0.25, 0.3) is 0 Å². The van der Waals surface area contributed by atoms with E-state index in [2.05, 4.69) is 19.2 Å². The van der Waals surface area contributed by atoms with Crippen molar-refractivity contribution in [3.8, 4) is 5.75 Å². The van der Waals surface area contributed by atoms with Crippen LogP contribution in [0, 0.1) is 5.82 Å². The van der Waals surface area contributed by atoms with Crippen LogP contribution < -0.4 is 10.1 Å². The highest BCUT2D eigenvalue weighted by Gasteiger charge is 2.43. The molecule has 0 amide bonds. The molecule has 1 N–H and O–H groups in total. The molecule has 0 heterocycles. The Kier molecular flexibility index (Phi) is 5.16. The van der Waals surface area contributed by atoms with E-state index in [0.29, 0.717) is 18.4 Å². The van der Waals surface area contributed by atoms with Crippen molar-refractivity contribution in [2.45, 2.75) is 44.9 Å². The van der Waals surface area contributed by atoms with Crippen LogP contribution in [-0.4, -0.2) is 31.4 Å². The van der Waals surface area contributed by atoms with E-state index in [4.69, 9.17) is 9.47 Å². The average Bonchev–Trinajstić information content (AvgIpc) is 2.40. The lowest BCUT2D eigenvalue weighted by molar-refractivity contribution is -0.108. The lowest BCUT2D eigenvalue weighted by atomic mass is 9.85. The van der Waals surface area contributed by atoms with Crippen LogP contribution in [0.3, 0.4) is 0 Å². The Morgan fingerprint density at radius 1 is 1.32 bits per heavy atom. The maximum absolute atomic E-state index is 13.6. The number of hydrogen-bond acceptors (Lipinski definition) is 3. The third-order valence-corrected chi connectivity index (χ3v) is 3.34. The molecule has 1 aliphatic rings. The number of rotatable bonds is 7. The van der Waals surface area contributed by atoms with Gasteiger partial charge in [0.05, 0.1) is 0 Å². The Bertz CT molecular complexity index is 399. The van der Waals surface area contributed by atoms with Crippen molar-refractivity contribution in [2.24, 2.45) is 0 Å². The monoisotopic (exact) mass is 267 g/mol. The van der Waals surface area contributed by atoms with Crippen molar-refractivity contribution in [3.05, 3.63) is 30.1 Å². The number of likely N-dealkylation sites (N-methyl/N-ethyl adjacent to an activating group) is 1. The maximum atomic E-state index is 13.6. The predicted molar refractivity (Wildman–Crippen MR) is 72.9 cm³/mol. The molecule has 1 aliphatic carbocycles. The van der Waals surface area contributed by atoms with Gasteiger partial charge in [0, 0.05) is 19.1 Å². The van der Waals surface area contributed by atoms with Gasteiger partial charge in [0.2, 0.25) is 0 Å². The molecule has 19 heavy (non-hydrogen) atoms. The minimum atomic E-state index is -0.316. The van der Waals surface area contributed by atoms with Crippen molar-refractivity contribution in [3.63, 3.8) is 0 Å². The van der Waals surface area contributed by atoms with E-state index in [-0.39, 0.29) is 18.0 Å². The average molecular weight is 267 g/mol. The summed E-state index contributed by atoms with van der Waals surface area (Å²) in [5.74, 6) is -0.00353. The van der Waals surface area contributed by atoms with Gasteiger partial charge in [0.25, 0.3) is 0 Å². The number of benzene rings is 1. The van der Waals surface area contributed by atoms with E-state index in [1.165, 1.54) is 6.07 Å². The highest BCUT2D eigenvalue weighted by molar-refractivity contribution is 5.24. The third kappa shape index (κ3) is 3.45. The number of nitrogens with one attached hydrogen (secondary N) is 1. The summed E-state index contributed by atoms with van der Waals surface area (Å²) in [6.45, 7) is 5.77. The van der Waals surface area contributed by atoms with Crippen LogP contribution in [0.5, 0.6) is 5.75 Å². The van der Waals surface area contributed by atoms with Crippen LogP contribution in [-0.2, 0) is 4.74 Å². The Labute approximate surface area is 114 Å². The Morgan fingerprint density at radius 2 is 2.11 bits per heavy atom. The molecule has 0 spiro atoms. The predicted octanol–water partition coefficient (Wildman–Crippen LogP) is 2.75. The lowest BCUT2D eigenvalue weighted by Crippen LogP contribution is -2.61. The molecule has 3 nitrogen and oxygen atoms in total. The van der Waals surface area contributed by atoms with Crippen LogP contribution in [0.1, 0.15) is 26.7 Å². The van der Waals surface area contributed by atoms with Crippen molar-refractivity contribution >= 4 is 0 Å². The van der Waals surface area contributed by atoms with E-state index >= 15 is 0 Å². The van der Waals surface area contributed by atoms with Gasteiger partial charge in [-0.25, -0.2) is 4.39 Å². The molecule has 3 unspecified atom stereocenters. The van der Waals surface area contributed by atoms with Gasteiger partial charge in [-0.2, -0.15) is 0 Å². The van der Waals surface area contributed by atoms with Crippen molar-refractivity contribution in [2.75, 3.05) is 13.2 Å². The van der Waals surface area contributed by atoms with Gasteiger partial charge in [0.1, 0.15) is 12.2 Å². The van der Waals surface area contributed by atoms with Crippen LogP contribution in [0.15, 0.2) is 24.3 Å². The largest absolute Gasteiger partial charge is 0.485 e. The van der Waals surface area contributed by atoms with Gasteiger partial charge in [0.15, 0.2) is 11.6 Å². The van der Waals surface area contributed by atoms with Gasteiger partial charge in [-0.05, 0) is 25.1 Å². The van der Waals surface area contributed by atoms with Gasteiger partial charge in [-0.15, -0.1) is 0 Å². The standard InChI is InChI=1S/C15H22FNO2/c1-3-9-18-15-12(17-4-2)10-14(15)19-13-8-6-5-7-11(13)16/h5-8,12,14-15,17H,3-4,9-10H2,1-2H3. The molecule has 0 saturated heterocycles. The quantitative estimate of drug-likeness (QED) is 0.824. The molecule has 2 rings (SSSR count). The normalized spacial score (nSPS) is 25.9. The summed E-state index contributed by atoms with van der Waals surface area (Å²) in [6.07, 6.45) is 1.78. The van der Waals surface area contributed by atoms with Crippen LogP contribution in [0.4, 0.5) is 4.39 Å². The highest BCUT2D eigenvalue weighted by Crippen LogP contribution is 2.30. The van der Waals surface area contributed by atoms with Gasteiger partial charge in [-0.3, -0.25) is 0 Å². The zero-order valence-electron chi connectivity index (χ0n) is 11.6. The molecule has 1 aromatic rings. The molecule has 0 bridgehead atoms. The van der Waals surface area contributed by atoms with E-state index < -0.39 is 0 Å². The van der Waals surface area contributed by atoms with Crippen LogP contribution >= 0.6 is 0 Å². The summed E-state index contributed by atoms with van der Waals surface area (Å²) in [5, 5.41) is 3.37. The fraction of sp³-hybridized carbons (Fsp3) is 0.600. The molecule has 4 heteroatoms. The summed E-state index contributed by atoms with van der Waals surface area (Å²) in [6, 6.07) is 6.83. The van der Waals surface area contributed by atoms with Crippen molar-refractivity contribution in [1.82, 2.24) is 5.32 Å². The fourth-order valence-electron chi connectivity index (χ4n) is 2.34. The van der Waals surface area contributed by atoms with Gasteiger partial charge in [-0.1, -0.05) is 26.0 Å². The Balaban J connectivity index is 1.94. The molecular weight excluding hydrogens is 245 g/mol. The minimum Gasteiger partial charge on any atom is -0.485 e. The van der Waals surface area contributed by atoms with E-state index in [0.717, 1.165) is 19.4 Å². The highest BCUT2D eigenvalue weighted by atomic mass is 19.1. The molecule has 106 valence electrons. The molecular formula is C15H22FNO2. The first-order chi connectivity index (χ1) is 9.26. The van der Waals surface area contributed by atoms with Crippen LogP contribution in [0.2, 0.25) is 0 Å². The molecule has 1 fully saturated rings. The van der Waals surface area contributed by atoms with Gasteiger partial charge >= 0.3 is 0 Å². The summed E-state index contributed by atoms with van der Waals surface area (Å²) in [7, 11) is 0. The zero-order chi connectivity index (χ0) is 13.7. The second kappa shape index (κ2) is 6.87. The topological polar surface area (TPSA) is 30.5 Å². The third-order valence-electron chi connectivity index (χ3n) is 3.34. The summed E-state index contributed by atoms with van der Waals surface area (Å²) >= 11 is 0. The van der Waals surface area contributed by atoms with E-state index in [1.54, 1.807) is 18.2 Å². The number of halogens is 1. The first-order valence-corrected chi connectivity index (χ1v) is 7.02. The second-order valence-corrected chi connectivity index (χ2v) is 4.82. The molecule has 0 aliphatic heterocycles. The van der Waals surface area contributed by atoms with Crippen molar-refractivity contribution < 1.29 is 13.9 Å². The van der Waals surface area contributed by atoms with E-state index in [9.17, 15) is 4.39 Å². The molecule has 3 atom stereocenters. The summed E-state index contributed by atoms with van der Waals surface area (Å²) in [5.41, 5.74) is 0. The first-order valence-electron chi connectivity index (χ1n) is 7.02. The number of para-hydroxylation sites is 1. The smallest absolute Gasteiger partial charge is 0.165 e. The molecule has 1 saturated carbocycles. The first kappa shape index (κ1) is 14.3. The lowest BCUT2D eigenvalue weighted by Gasteiger charge is -2.44. The molecule has 0 radical (unpaired) electrons. The zero-order valence-corrected chi connectivity index (χ0v) is 11.6. The summed E-state index contributed by atoms with van der Waals surface area (Å²) < 4.78 is 25.1. The van der Waals surface area contributed by atoms with Crippen molar-refractivity contribution in [1.29, 1.82) is 0 Å². The maximum Gasteiger partial charge on any atom is 0.165 e. The SMILES string of the molecule is CCCOC1C(NCC)CC1Oc1ccccc1F. The van der Waals surface area contributed by atoms with E-state index in [1.807, 2.05) is 0 Å². The molecule has 0 aromatic heterocycles. The second-order valence-electron chi connectivity index (χ2n) is 4.82. The summed E-state index contributed by atoms with van der Waals surface area (Å²) in [4.78, 5) is 0. The Hall–Kier alpha value is -1.13. The number of ether oxygens (including phenoxy) is 2. The minimum absolute atomic E-state index is 0.0134.